The number of fused-ring (bicyclic) bond motifs is 3. The molecule has 4 unspecified atom stereocenters. The first-order chi connectivity index (χ1) is 21.2. The van der Waals surface area contributed by atoms with E-state index in [4.69, 9.17) is 0 Å². The van der Waals surface area contributed by atoms with Crippen molar-refractivity contribution in [1.29, 1.82) is 0 Å². The molecule has 3 saturated carbocycles. The summed E-state index contributed by atoms with van der Waals surface area (Å²) in [6, 6.07) is 21.7. The van der Waals surface area contributed by atoms with Crippen molar-refractivity contribution in [3.05, 3.63) is 120 Å². The zero-order valence-corrected chi connectivity index (χ0v) is 25.7. The van der Waals surface area contributed by atoms with E-state index in [-0.39, 0.29) is 11.7 Å². The molecule has 224 valence electrons. The number of hydrogen-bond acceptors (Lipinski definition) is 5. The van der Waals surface area contributed by atoms with Crippen LogP contribution in [0.5, 0.6) is 0 Å². The normalized spacial score (nSPS) is 25.9. The Labute approximate surface area is 259 Å². The molecule has 0 radical (unpaired) electrons. The van der Waals surface area contributed by atoms with Crippen molar-refractivity contribution in [2.75, 3.05) is 6.54 Å². The van der Waals surface area contributed by atoms with Gasteiger partial charge in [-0.1, -0.05) is 57.2 Å². The van der Waals surface area contributed by atoms with Crippen molar-refractivity contribution in [3.8, 4) is 0 Å². The van der Waals surface area contributed by atoms with E-state index in [0.29, 0.717) is 59.9 Å². The van der Waals surface area contributed by atoms with Gasteiger partial charge in [-0.3, -0.25) is 24.5 Å². The van der Waals surface area contributed by atoms with E-state index in [9.17, 15) is 9.59 Å². The van der Waals surface area contributed by atoms with Gasteiger partial charge in [0.1, 0.15) is 11.4 Å². The number of aromatic nitrogens is 2. The summed E-state index contributed by atoms with van der Waals surface area (Å²) in [7, 11) is 0. The molecule has 3 heterocycles. The van der Waals surface area contributed by atoms with Crippen LogP contribution >= 0.6 is 0 Å². The molecular weight excluding hydrogens is 544 g/mol. The van der Waals surface area contributed by atoms with Crippen LogP contribution in [0.4, 0.5) is 0 Å². The summed E-state index contributed by atoms with van der Waals surface area (Å²) in [5.41, 5.74) is 2.07. The van der Waals surface area contributed by atoms with E-state index in [1.54, 1.807) is 30.9 Å². The van der Waals surface area contributed by atoms with E-state index in [2.05, 4.69) is 36.1 Å². The standard InChI is InChI=1S/C38H40N4O2/c1-25-31(19-32-20-33(25)37(32,2)3)24-42-35(21-34(43)30-9-8-28-6-4-5-7-29(28)18-30)41-38(36(42)44,22-26-10-14-39-15-11-26)23-27-12-16-40-17-13-27/h4-18,21,25,31-33,41H,19-20,22-24H2,1-3H3/b35-21-. The van der Waals surface area contributed by atoms with Crippen molar-refractivity contribution in [2.24, 2.45) is 29.1 Å². The molecule has 1 amide bonds. The second-order valence-corrected chi connectivity index (χ2v) is 13.9. The van der Waals surface area contributed by atoms with Crippen molar-refractivity contribution in [3.63, 3.8) is 0 Å². The predicted octanol–water partition coefficient (Wildman–Crippen LogP) is 6.63. The first-order valence-corrected chi connectivity index (χ1v) is 15.9. The van der Waals surface area contributed by atoms with Crippen LogP contribution in [0.15, 0.2) is 103 Å². The van der Waals surface area contributed by atoms with Gasteiger partial charge in [-0.05, 0) is 94.2 Å². The Morgan fingerprint density at radius 3 is 2.16 bits per heavy atom. The number of allylic oxidation sites excluding steroid dienone is 1. The zero-order valence-electron chi connectivity index (χ0n) is 25.7. The van der Waals surface area contributed by atoms with E-state index < -0.39 is 5.54 Å². The topological polar surface area (TPSA) is 75.2 Å². The maximum atomic E-state index is 14.8. The fraction of sp³-hybridized carbons (Fsp3) is 0.368. The first-order valence-electron chi connectivity index (χ1n) is 15.9. The third-order valence-electron chi connectivity index (χ3n) is 11.1. The maximum Gasteiger partial charge on any atom is 0.254 e. The number of nitrogens with zero attached hydrogens (tertiary/aromatic N) is 3. The minimum absolute atomic E-state index is 0.0226. The summed E-state index contributed by atoms with van der Waals surface area (Å²) >= 11 is 0. The van der Waals surface area contributed by atoms with Gasteiger partial charge in [0.05, 0.1) is 0 Å². The SMILES string of the molecule is CC1C(CN2C(=O)C(Cc3ccncc3)(Cc3ccncc3)N/C2=C/C(=O)c2ccc3ccccc3c2)CC2CC1C2(C)C. The summed E-state index contributed by atoms with van der Waals surface area (Å²) in [6.07, 6.45) is 12.1. The van der Waals surface area contributed by atoms with E-state index in [1.807, 2.05) is 71.6 Å². The Morgan fingerprint density at radius 2 is 1.55 bits per heavy atom. The lowest BCUT2D eigenvalue weighted by Gasteiger charge is -2.62. The number of hydrogen-bond donors (Lipinski definition) is 1. The fourth-order valence-corrected chi connectivity index (χ4v) is 8.31. The average Bonchev–Trinajstić information content (AvgIpc) is 3.27. The molecule has 1 N–H and O–H groups in total. The molecule has 1 saturated heterocycles. The maximum absolute atomic E-state index is 14.8. The number of amides is 1. The van der Waals surface area contributed by atoms with E-state index in [0.717, 1.165) is 28.3 Å². The predicted molar refractivity (Wildman–Crippen MR) is 172 cm³/mol. The lowest BCUT2D eigenvalue weighted by atomic mass is 9.43. The quantitative estimate of drug-likeness (QED) is 0.186. The number of benzene rings is 2. The van der Waals surface area contributed by atoms with Crippen molar-refractivity contribution >= 4 is 22.5 Å². The third kappa shape index (κ3) is 5.00. The summed E-state index contributed by atoms with van der Waals surface area (Å²) in [6.45, 7) is 7.79. The van der Waals surface area contributed by atoms with Gasteiger partial charge in [-0.15, -0.1) is 0 Å². The van der Waals surface area contributed by atoms with Crippen LogP contribution in [0, 0.1) is 29.1 Å². The molecule has 2 aromatic carbocycles. The van der Waals surface area contributed by atoms with Gasteiger partial charge in [0, 0.05) is 55.8 Å². The van der Waals surface area contributed by atoms with E-state index >= 15 is 0 Å². The molecular formula is C38H40N4O2. The van der Waals surface area contributed by atoms with Gasteiger partial charge in [-0.25, -0.2) is 0 Å². The minimum Gasteiger partial charge on any atom is -0.357 e. The number of rotatable bonds is 8. The van der Waals surface area contributed by atoms with Gasteiger partial charge >= 0.3 is 0 Å². The van der Waals surface area contributed by atoms with Crippen LogP contribution in [0.1, 0.15) is 55.1 Å². The molecule has 0 spiro atoms. The van der Waals surface area contributed by atoms with Crippen molar-refractivity contribution in [1.82, 2.24) is 20.2 Å². The lowest BCUT2D eigenvalue weighted by molar-refractivity contribution is -0.142. The zero-order chi connectivity index (χ0) is 30.5. The summed E-state index contributed by atoms with van der Waals surface area (Å²) in [4.78, 5) is 39.0. The largest absolute Gasteiger partial charge is 0.357 e. The third-order valence-corrected chi connectivity index (χ3v) is 11.1. The van der Waals surface area contributed by atoms with Gasteiger partial charge in [-0.2, -0.15) is 0 Å². The van der Waals surface area contributed by atoms with Gasteiger partial charge in [0.2, 0.25) is 0 Å². The average molecular weight is 585 g/mol. The highest BCUT2D eigenvalue weighted by atomic mass is 16.2. The molecule has 6 nitrogen and oxygen atoms in total. The van der Waals surface area contributed by atoms with Gasteiger partial charge in [0.25, 0.3) is 5.91 Å². The fourth-order valence-electron chi connectivity index (χ4n) is 8.31. The Balaban J connectivity index is 1.27. The van der Waals surface area contributed by atoms with Gasteiger partial charge < -0.3 is 5.32 Å². The Morgan fingerprint density at radius 1 is 0.909 bits per heavy atom. The van der Waals surface area contributed by atoms with Crippen LogP contribution in [-0.2, 0) is 17.6 Å². The second kappa shape index (κ2) is 11.0. The van der Waals surface area contributed by atoms with Crippen molar-refractivity contribution in [2.45, 2.75) is 52.0 Å². The Kier molecular flexibility index (Phi) is 7.11. The van der Waals surface area contributed by atoms with E-state index in [1.165, 1.54) is 6.42 Å². The molecule has 6 heteroatoms. The number of nitrogens with one attached hydrogen (secondary N) is 1. The number of ketones is 1. The molecule has 2 aromatic heterocycles. The minimum atomic E-state index is -0.946. The highest BCUT2D eigenvalue weighted by Gasteiger charge is 2.57. The Hall–Kier alpha value is -4.32. The summed E-state index contributed by atoms with van der Waals surface area (Å²) in [5.74, 6) is 2.76. The smallest absolute Gasteiger partial charge is 0.254 e. The molecule has 44 heavy (non-hydrogen) atoms. The lowest BCUT2D eigenvalue weighted by Crippen LogP contribution is -2.57. The van der Waals surface area contributed by atoms with Crippen LogP contribution in [0.25, 0.3) is 10.8 Å². The molecule has 2 bridgehead atoms. The van der Waals surface area contributed by atoms with Gasteiger partial charge in [0.15, 0.2) is 5.78 Å². The highest BCUT2D eigenvalue weighted by Crippen LogP contribution is 2.63. The summed E-state index contributed by atoms with van der Waals surface area (Å²) < 4.78 is 0. The van der Waals surface area contributed by atoms with Crippen LogP contribution in [0.2, 0.25) is 0 Å². The Bertz CT molecular complexity index is 1690. The highest BCUT2D eigenvalue weighted by molar-refractivity contribution is 6.08. The molecule has 4 aliphatic rings. The molecule has 8 rings (SSSR count). The van der Waals surface area contributed by atoms with Crippen LogP contribution in [0.3, 0.4) is 0 Å². The number of carbonyl (C=O) groups excluding carboxylic acids is 2. The van der Waals surface area contributed by atoms with Crippen LogP contribution in [-0.4, -0.2) is 38.6 Å². The number of carbonyl (C=O) groups is 2. The van der Waals surface area contributed by atoms with Crippen LogP contribution < -0.4 is 5.32 Å². The molecule has 4 atom stereocenters. The van der Waals surface area contributed by atoms with Crippen molar-refractivity contribution < 1.29 is 9.59 Å². The second-order valence-electron chi connectivity index (χ2n) is 13.9. The summed E-state index contributed by atoms with van der Waals surface area (Å²) in [5, 5.41) is 5.77. The number of pyridine rings is 2. The first kappa shape index (κ1) is 28.5. The molecule has 4 fully saturated rings. The monoisotopic (exact) mass is 584 g/mol. The molecule has 3 aliphatic carbocycles. The molecule has 1 aliphatic heterocycles. The molecule has 4 aromatic rings.